The van der Waals surface area contributed by atoms with Gasteiger partial charge in [0.15, 0.2) is 0 Å². The highest BCUT2D eigenvalue weighted by Crippen LogP contribution is 2.58. The highest BCUT2D eigenvalue weighted by atomic mass is 35.5. The summed E-state index contributed by atoms with van der Waals surface area (Å²) in [5, 5.41) is 3.01. The highest BCUT2D eigenvalue weighted by Gasteiger charge is 2.57. The summed E-state index contributed by atoms with van der Waals surface area (Å²) >= 11 is 6.04. The first kappa shape index (κ1) is 21.5. The number of aromatic nitrogens is 1. The van der Waals surface area contributed by atoms with E-state index in [0.717, 1.165) is 24.4 Å². The lowest BCUT2D eigenvalue weighted by Crippen LogP contribution is -2.31. The van der Waals surface area contributed by atoms with Crippen LogP contribution < -0.4 is 10.1 Å². The third-order valence-corrected chi connectivity index (χ3v) is 7.02. The SMILES string of the molecule is COc1ccc(C2C3CN(C(=O)c4ccc(C)c(NC(=O)c5cccnc5Cl)c4)CC32)cc1. The van der Waals surface area contributed by atoms with Gasteiger partial charge >= 0.3 is 0 Å². The fourth-order valence-corrected chi connectivity index (χ4v) is 5.04. The summed E-state index contributed by atoms with van der Waals surface area (Å²) < 4.78 is 5.24. The first-order valence-electron chi connectivity index (χ1n) is 10.9. The zero-order valence-corrected chi connectivity index (χ0v) is 19.2. The van der Waals surface area contributed by atoms with E-state index in [9.17, 15) is 9.59 Å². The molecular weight excluding hydrogens is 438 g/mol. The van der Waals surface area contributed by atoms with Crippen molar-refractivity contribution in [2.75, 3.05) is 25.5 Å². The van der Waals surface area contributed by atoms with Gasteiger partial charge in [0.2, 0.25) is 0 Å². The van der Waals surface area contributed by atoms with Crippen LogP contribution in [0, 0.1) is 18.8 Å². The molecule has 6 nitrogen and oxygen atoms in total. The highest BCUT2D eigenvalue weighted by molar-refractivity contribution is 6.33. The Morgan fingerprint density at radius 1 is 1.09 bits per heavy atom. The summed E-state index contributed by atoms with van der Waals surface area (Å²) in [6.45, 7) is 3.39. The predicted molar refractivity (Wildman–Crippen MR) is 127 cm³/mol. The molecule has 2 unspecified atom stereocenters. The number of pyridine rings is 1. The van der Waals surface area contributed by atoms with Crippen molar-refractivity contribution in [3.8, 4) is 5.75 Å². The average Bonchev–Trinajstić information content (AvgIpc) is 3.32. The van der Waals surface area contributed by atoms with Crippen LogP contribution in [0.2, 0.25) is 5.15 Å². The molecule has 2 fully saturated rings. The van der Waals surface area contributed by atoms with Crippen LogP contribution in [0.25, 0.3) is 0 Å². The molecule has 168 valence electrons. The predicted octanol–water partition coefficient (Wildman–Crippen LogP) is 4.79. The molecule has 1 saturated heterocycles. The summed E-state index contributed by atoms with van der Waals surface area (Å²) in [4.78, 5) is 31.7. The number of ether oxygens (including phenoxy) is 1. The van der Waals surface area contributed by atoms with E-state index in [2.05, 4.69) is 22.4 Å². The molecule has 0 bridgehead atoms. The van der Waals surface area contributed by atoms with Crippen molar-refractivity contribution < 1.29 is 14.3 Å². The molecule has 7 heteroatoms. The van der Waals surface area contributed by atoms with E-state index in [-0.39, 0.29) is 17.0 Å². The Balaban J connectivity index is 1.26. The van der Waals surface area contributed by atoms with Crippen molar-refractivity contribution >= 4 is 29.1 Å². The second-order valence-electron chi connectivity index (χ2n) is 8.66. The van der Waals surface area contributed by atoms with Crippen molar-refractivity contribution in [3.63, 3.8) is 0 Å². The van der Waals surface area contributed by atoms with Gasteiger partial charge in [-0.1, -0.05) is 29.8 Å². The largest absolute Gasteiger partial charge is 0.497 e. The maximum atomic E-state index is 13.2. The number of carbonyl (C=O) groups excluding carboxylic acids is 2. The quantitative estimate of drug-likeness (QED) is 0.554. The van der Waals surface area contributed by atoms with Gasteiger partial charge in [-0.3, -0.25) is 9.59 Å². The fraction of sp³-hybridized carbons (Fsp3) is 0.269. The monoisotopic (exact) mass is 461 g/mol. The van der Waals surface area contributed by atoms with Crippen molar-refractivity contribution in [1.29, 1.82) is 0 Å². The zero-order valence-electron chi connectivity index (χ0n) is 18.4. The van der Waals surface area contributed by atoms with Gasteiger partial charge in [-0.2, -0.15) is 0 Å². The molecule has 3 aromatic rings. The van der Waals surface area contributed by atoms with Crippen LogP contribution in [0.3, 0.4) is 0 Å². The van der Waals surface area contributed by atoms with Crippen molar-refractivity contribution in [1.82, 2.24) is 9.88 Å². The first-order valence-corrected chi connectivity index (χ1v) is 11.3. The Hall–Kier alpha value is -3.38. The minimum atomic E-state index is -0.356. The van der Waals surface area contributed by atoms with Crippen LogP contribution in [-0.2, 0) is 0 Å². The Labute approximate surface area is 197 Å². The molecule has 1 aliphatic heterocycles. The Morgan fingerprint density at radius 2 is 1.82 bits per heavy atom. The molecule has 1 N–H and O–H groups in total. The van der Waals surface area contributed by atoms with Crippen molar-refractivity contribution in [2.24, 2.45) is 11.8 Å². The number of fused-ring (bicyclic) bond motifs is 1. The number of aryl methyl sites for hydroxylation is 1. The number of hydrogen-bond donors (Lipinski definition) is 1. The first-order chi connectivity index (χ1) is 16.0. The van der Waals surface area contributed by atoms with E-state index in [1.165, 1.54) is 11.8 Å². The van der Waals surface area contributed by atoms with Gasteiger partial charge in [0, 0.05) is 30.5 Å². The smallest absolute Gasteiger partial charge is 0.258 e. The van der Waals surface area contributed by atoms with E-state index in [0.29, 0.717) is 34.6 Å². The maximum Gasteiger partial charge on any atom is 0.258 e. The zero-order chi connectivity index (χ0) is 23.1. The van der Waals surface area contributed by atoms with E-state index < -0.39 is 0 Å². The van der Waals surface area contributed by atoms with Gasteiger partial charge in [-0.15, -0.1) is 0 Å². The van der Waals surface area contributed by atoms with Crippen LogP contribution >= 0.6 is 11.6 Å². The van der Waals surface area contributed by atoms with Gasteiger partial charge in [-0.25, -0.2) is 4.98 Å². The lowest BCUT2D eigenvalue weighted by atomic mass is 10.1. The van der Waals surface area contributed by atoms with E-state index in [1.807, 2.05) is 36.1 Å². The maximum absolute atomic E-state index is 13.2. The Bertz CT molecular complexity index is 1220. The van der Waals surface area contributed by atoms with E-state index >= 15 is 0 Å². The van der Waals surface area contributed by atoms with E-state index in [1.54, 1.807) is 25.3 Å². The number of benzene rings is 2. The lowest BCUT2D eigenvalue weighted by Gasteiger charge is -2.21. The van der Waals surface area contributed by atoms with Crippen LogP contribution in [-0.4, -0.2) is 41.9 Å². The van der Waals surface area contributed by atoms with Crippen LogP contribution in [0.15, 0.2) is 60.8 Å². The lowest BCUT2D eigenvalue weighted by molar-refractivity contribution is 0.0772. The van der Waals surface area contributed by atoms with Gasteiger partial charge < -0.3 is 15.0 Å². The number of methoxy groups -OCH3 is 1. The molecule has 2 aromatic carbocycles. The molecule has 2 amide bonds. The molecule has 1 aliphatic carbocycles. The molecule has 2 atom stereocenters. The molecule has 1 saturated carbocycles. The van der Waals surface area contributed by atoms with Gasteiger partial charge in [0.25, 0.3) is 11.8 Å². The topological polar surface area (TPSA) is 71.5 Å². The summed E-state index contributed by atoms with van der Waals surface area (Å²) in [7, 11) is 1.67. The number of piperidine rings is 1. The van der Waals surface area contributed by atoms with Crippen LogP contribution in [0.1, 0.15) is 37.8 Å². The number of halogens is 1. The van der Waals surface area contributed by atoms with Gasteiger partial charge in [-0.05, 0) is 72.2 Å². The molecule has 2 aliphatic rings. The Kier molecular flexibility index (Phi) is 5.54. The minimum absolute atomic E-state index is 0.00871. The molecule has 33 heavy (non-hydrogen) atoms. The summed E-state index contributed by atoms with van der Waals surface area (Å²) in [5.74, 6) is 2.00. The summed E-state index contributed by atoms with van der Waals surface area (Å²) in [6.07, 6.45) is 1.53. The number of nitrogens with zero attached hydrogens (tertiary/aromatic N) is 2. The number of nitrogens with one attached hydrogen (secondary N) is 1. The second kappa shape index (κ2) is 8.52. The molecular formula is C26H24ClN3O3. The van der Waals surface area contributed by atoms with E-state index in [4.69, 9.17) is 16.3 Å². The second-order valence-corrected chi connectivity index (χ2v) is 9.02. The summed E-state index contributed by atoms with van der Waals surface area (Å²) in [6, 6.07) is 16.9. The number of anilines is 1. The van der Waals surface area contributed by atoms with Crippen molar-refractivity contribution in [2.45, 2.75) is 12.8 Å². The number of likely N-dealkylation sites (tertiary alicyclic amines) is 1. The van der Waals surface area contributed by atoms with Gasteiger partial charge in [0.1, 0.15) is 10.9 Å². The van der Waals surface area contributed by atoms with Crippen LogP contribution in [0.5, 0.6) is 5.75 Å². The van der Waals surface area contributed by atoms with Crippen LogP contribution in [0.4, 0.5) is 5.69 Å². The normalized spacial score (nSPS) is 20.8. The fourth-order valence-electron chi connectivity index (χ4n) is 4.83. The number of hydrogen-bond acceptors (Lipinski definition) is 4. The minimum Gasteiger partial charge on any atom is -0.497 e. The number of rotatable bonds is 5. The van der Waals surface area contributed by atoms with Gasteiger partial charge in [0.05, 0.1) is 12.7 Å². The number of carbonyl (C=O) groups is 2. The molecule has 0 radical (unpaired) electrons. The molecule has 2 heterocycles. The Morgan fingerprint density at radius 3 is 2.48 bits per heavy atom. The number of amides is 2. The molecule has 0 spiro atoms. The third kappa shape index (κ3) is 4.07. The average molecular weight is 462 g/mol. The standard InChI is InChI=1S/C26H24ClN3O3/c1-15-5-6-17(12-22(15)29-25(31)19-4-3-11-28-24(19)27)26(32)30-13-20-21(14-30)23(20)16-7-9-18(33-2)10-8-16/h3-12,20-21,23H,13-14H2,1-2H3,(H,29,31). The summed E-state index contributed by atoms with van der Waals surface area (Å²) in [5.41, 5.74) is 3.62. The van der Waals surface area contributed by atoms with Crippen molar-refractivity contribution in [3.05, 3.63) is 88.2 Å². The molecule has 1 aromatic heterocycles. The molecule has 5 rings (SSSR count). The third-order valence-electron chi connectivity index (χ3n) is 6.72.